The molecule has 0 fully saturated rings. The fourth-order valence-corrected chi connectivity index (χ4v) is 1.02. The maximum absolute atomic E-state index is 11.0. The van der Waals surface area contributed by atoms with Gasteiger partial charge in [-0.3, -0.25) is 4.79 Å². The van der Waals surface area contributed by atoms with Gasteiger partial charge in [0.15, 0.2) is 5.78 Å². The topological polar surface area (TPSA) is 64.7 Å². The smallest absolute Gasteiger partial charge is 0.173 e. The number of hydrogen-bond donors (Lipinski definition) is 0. The van der Waals surface area contributed by atoms with E-state index in [1.165, 1.54) is 0 Å². The summed E-state index contributed by atoms with van der Waals surface area (Å²) in [6, 6.07) is 9.23. The quantitative estimate of drug-likeness (QED) is 0.442. The van der Waals surface area contributed by atoms with E-state index in [9.17, 15) is 4.79 Å². The third-order valence-corrected chi connectivity index (χ3v) is 1.73. The molecule has 4 heteroatoms. The van der Waals surface area contributed by atoms with Crippen LogP contribution in [0.3, 0.4) is 0 Å². The number of alkyl halides is 1. The van der Waals surface area contributed by atoms with Crippen LogP contribution >= 0.6 is 15.9 Å². The Balaban J connectivity index is 0.000000561. The molecule has 1 rings (SSSR count). The van der Waals surface area contributed by atoms with Gasteiger partial charge in [0, 0.05) is 16.3 Å². The van der Waals surface area contributed by atoms with Gasteiger partial charge in [-0.2, -0.15) is 0 Å². The number of hydrogen-bond acceptors (Lipinski definition) is 3. The molecular weight excluding hydrogens is 220 g/mol. The second-order valence-electron chi connectivity index (χ2n) is 1.92. The van der Waals surface area contributed by atoms with E-state index in [1.54, 1.807) is 0 Å². The number of nitrogens with zero attached hydrogens (tertiary/aromatic N) is 2. The highest BCUT2D eigenvalue weighted by atomic mass is 79.9. The first-order valence-corrected chi connectivity index (χ1v) is 4.31. The fraction of sp³-hybridized carbons (Fsp3) is 0.125. The Morgan fingerprint density at radius 3 is 2.17 bits per heavy atom. The second kappa shape index (κ2) is 6.50. The molecule has 0 aliphatic carbocycles. The van der Waals surface area contributed by atoms with E-state index in [0.717, 1.165) is 5.56 Å². The molecule has 1 aromatic carbocycles. The van der Waals surface area contributed by atoms with Crippen molar-refractivity contribution >= 4 is 21.7 Å². The van der Waals surface area contributed by atoms with Gasteiger partial charge in [0.2, 0.25) is 0 Å². The van der Waals surface area contributed by atoms with Crippen LogP contribution in [-0.4, -0.2) is 11.1 Å². The van der Waals surface area contributed by atoms with Crippen molar-refractivity contribution in [3.8, 4) is 0 Å². The predicted octanol–water partition coefficient (Wildman–Crippen LogP) is 2.29. The summed E-state index contributed by atoms with van der Waals surface area (Å²) < 4.78 is 0. The molecule has 0 bridgehead atoms. The van der Waals surface area contributed by atoms with Crippen molar-refractivity contribution in [2.24, 2.45) is 0 Å². The van der Waals surface area contributed by atoms with Crippen molar-refractivity contribution in [1.82, 2.24) is 0 Å². The molecule has 0 unspecified atom stereocenters. The lowest BCUT2D eigenvalue weighted by Gasteiger charge is -1.92. The Labute approximate surface area is 78.9 Å². The molecule has 0 N–H and O–H groups in total. The van der Waals surface area contributed by atoms with Gasteiger partial charge in [0.05, 0.1) is 5.33 Å². The lowest BCUT2D eigenvalue weighted by molar-refractivity contribution is 0.102. The molecule has 0 aliphatic heterocycles. The van der Waals surface area contributed by atoms with Crippen molar-refractivity contribution in [2.45, 2.75) is 0 Å². The van der Waals surface area contributed by atoms with E-state index in [1.807, 2.05) is 30.3 Å². The van der Waals surface area contributed by atoms with Gasteiger partial charge in [0.25, 0.3) is 0 Å². The van der Waals surface area contributed by atoms with Crippen LogP contribution in [-0.2, 0) is 0 Å². The van der Waals surface area contributed by atoms with Crippen molar-refractivity contribution < 1.29 is 4.79 Å². The van der Waals surface area contributed by atoms with Crippen LogP contribution in [0.25, 0.3) is 0 Å². The molecule has 0 saturated heterocycles. The summed E-state index contributed by atoms with van der Waals surface area (Å²) in [5.74, 6) is 0.126. The van der Waals surface area contributed by atoms with Gasteiger partial charge >= 0.3 is 0 Å². The van der Waals surface area contributed by atoms with Crippen molar-refractivity contribution in [2.75, 3.05) is 5.33 Å². The number of halogens is 1. The second-order valence-corrected chi connectivity index (χ2v) is 2.48. The predicted molar refractivity (Wildman–Crippen MR) is 48.0 cm³/mol. The number of ketones is 1. The van der Waals surface area contributed by atoms with Crippen LogP contribution in [0.1, 0.15) is 10.4 Å². The monoisotopic (exact) mass is 226 g/mol. The molecule has 1 aromatic rings. The van der Waals surface area contributed by atoms with Crippen LogP contribution in [0.5, 0.6) is 0 Å². The normalized spacial score (nSPS) is 7.92. The SMILES string of the molecule is N#N.O=C(CBr)c1ccccc1. The number of carbonyl (C=O) groups excluding carboxylic acids is 1. The van der Waals surface area contributed by atoms with Gasteiger partial charge < -0.3 is 0 Å². The van der Waals surface area contributed by atoms with Gasteiger partial charge in [-0.1, -0.05) is 46.3 Å². The molecule has 62 valence electrons. The highest BCUT2D eigenvalue weighted by Gasteiger charge is 1.99. The molecular formula is C8H7BrN2O. The first kappa shape index (κ1) is 10.8. The summed E-state index contributed by atoms with van der Waals surface area (Å²) in [4.78, 5) is 11.0. The van der Waals surface area contributed by atoms with E-state index >= 15 is 0 Å². The summed E-state index contributed by atoms with van der Waals surface area (Å²) in [5, 5.41) is 12.4. The average Bonchev–Trinajstić information content (AvgIpc) is 2.21. The van der Waals surface area contributed by atoms with Crippen LogP contribution in [0.15, 0.2) is 30.3 Å². The van der Waals surface area contributed by atoms with E-state index in [-0.39, 0.29) is 5.78 Å². The minimum atomic E-state index is 0.126. The number of Topliss-reactive ketones (excluding diaryl/α,β-unsaturated/α-hetero) is 1. The summed E-state index contributed by atoms with van der Waals surface area (Å²) in [5.41, 5.74) is 0.763. The Hall–Kier alpha value is -1.21. The first-order valence-electron chi connectivity index (χ1n) is 3.19. The molecule has 12 heavy (non-hydrogen) atoms. The minimum Gasteiger partial charge on any atom is -0.293 e. The zero-order chi connectivity index (χ0) is 9.40. The van der Waals surface area contributed by atoms with Crippen LogP contribution < -0.4 is 0 Å². The molecule has 0 aliphatic rings. The third-order valence-electron chi connectivity index (χ3n) is 1.22. The summed E-state index contributed by atoms with van der Waals surface area (Å²) in [6.45, 7) is 0. The van der Waals surface area contributed by atoms with Gasteiger partial charge in [0.1, 0.15) is 0 Å². The summed E-state index contributed by atoms with van der Waals surface area (Å²) in [7, 11) is 0. The largest absolute Gasteiger partial charge is 0.293 e. The zero-order valence-corrected chi connectivity index (χ0v) is 7.86. The van der Waals surface area contributed by atoms with E-state index in [4.69, 9.17) is 10.8 Å². The van der Waals surface area contributed by atoms with Crippen LogP contribution in [0.4, 0.5) is 0 Å². The third kappa shape index (κ3) is 3.26. The van der Waals surface area contributed by atoms with Gasteiger partial charge in [-0.15, -0.1) is 0 Å². The van der Waals surface area contributed by atoms with Crippen LogP contribution in [0.2, 0.25) is 0 Å². The molecule has 0 aromatic heterocycles. The molecule has 0 atom stereocenters. The minimum absolute atomic E-state index is 0.126. The van der Waals surface area contributed by atoms with E-state index in [0.29, 0.717) is 5.33 Å². The van der Waals surface area contributed by atoms with Crippen molar-refractivity contribution in [1.29, 1.82) is 10.8 Å². The molecule has 3 nitrogen and oxygen atoms in total. The first-order chi connectivity index (χ1) is 5.84. The standard InChI is InChI=1S/C8H7BrO.N2/c9-6-8(10)7-4-2-1-3-5-7;1-2/h1-5H,6H2;. The number of rotatable bonds is 2. The van der Waals surface area contributed by atoms with Crippen molar-refractivity contribution in [3.63, 3.8) is 0 Å². The lowest BCUT2D eigenvalue weighted by atomic mass is 10.2. The van der Waals surface area contributed by atoms with E-state index in [2.05, 4.69) is 15.9 Å². The maximum Gasteiger partial charge on any atom is 0.173 e. The Morgan fingerprint density at radius 1 is 1.25 bits per heavy atom. The Kier molecular flexibility index (Phi) is 5.84. The van der Waals surface area contributed by atoms with E-state index < -0.39 is 0 Å². The molecule has 0 saturated carbocycles. The van der Waals surface area contributed by atoms with Gasteiger partial charge in [-0.25, -0.2) is 0 Å². The molecule has 0 heterocycles. The molecule has 0 spiro atoms. The maximum atomic E-state index is 11.0. The fourth-order valence-electron chi connectivity index (χ4n) is 0.701. The highest BCUT2D eigenvalue weighted by molar-refractivity contribution is 9.09. The summed E-state index contributed by atoms with van der Waals surface area (Å²) >= 11 is 3.10. The Bertz CT molecular complexity index is 258. The number of benzene rings is 1. The number of carbonyl (C=O) groups is 1. The van der Waals surface area contributed by atoms with Crippen LogP contribution in [0, 0.1) is 10.8 Å². The lowest BCUT2D eigenvalue weighted by Crippen LogP contribution is -1.98. The highest BCUT2D eigenvalue weighted by Crippen LogP contribution is 2.01. The Morgan fingerprint density at radius 2 is 1.75 bits per heavy atom. The van der Waals surface area contributed by atoms with Gasteiger partial charge in [-0.05, 0) is 0 Å². The molecule has 0 amide bonds. The average molecular weight is 227 g/mol. The summed E-state index contributed by atoms with van der Waals surface area (Å²) in [6.07, 6.45) is 0. The zero-order valence-electron chi connectivity index (χ0n) is 6.27. The van der Waals surface area contributed by atoms with Crippen molar-refractivity contribution in [3.05, 3.63) is 35.9 Å². The molecule has 0 radical (unpaired) electrons.